The highest BCUT2D eigenvalue weighted by Crippen LogP contribution is 2.20. The number of anilines is 1. The van der Waals surface area contributed by atoms with Crippen molar-refractivity contribution in [3.63, 3.8) is 0 Å². The minimum Gasteiger partial charge on any atom is -0.372 e. The first-order valence-electron chi connectivity index (χ1n) is 10.9. The molecule has 0 saturated carbocycles. The maximum absolute atomic E-state index is 12.9. The van der Waals surface area contributed by atoms with Gasteiger partial charge in [-0.05, 0) is 39.8 Å². The number of carbonyl (C=O) groups excluding carboxylic acids is 3. The Morgan fingerprint density at radius 1 is 1.24 bits per heavy atom. The van der Waals surface area contributed by atoms with Crippen molar-refractivity contribution in [3.8, 4) is 0 Å². The summed E-state index contributed by atoms with van der Waals surface area (Å²) in [6.07, 6.45) is 0.162. The van der Waals surface area contributed by atoms with Crippen LogP contribution in [0.15, 0.2) is 29.6 Å². The molecule has 1 aromatic heterocycles. The molecule has 1 aliphatic heterocycles. The molecule has 1 fully saturated rings. The van der Waals surface area contributed by atoms with Gasteiger partial charge < -0.3 is 19.9 Å². The predicted octanol–water partition coefficient (Wildman–Crippen LogP) is 3.46. The summed E-state index contributed by atoms with van der Waals surface area (Å²) >= 11 is 7.40. The third-order valence-corrected chi connectivity index (χ3v) is 6.34. The van der Waals surface area contributed by atoms with Crippen molar-refractivity contribution in [2.24, 2.45) is 0 Å². The van der Waals surface area contributed by atoms with Crippen molar-refractivity contribution in [2.45, 2.75) is 52.4 Å². The Kier molecular flexibility index (Phi) is 8.45. The summed E-state index contributed by atoms with van der Waals surface area (Å²) < 4.78 is 5.67. The van der Waals surface area contributed by atoms with Gasteiger partial charge in [0.1, 0.15) is 6.54 Å². The van der Waals surface area contributed by atoms with Crippen LogP contribution < -0.4 is 5.32 Å². The second-order valence-corrected chi connectivity index (χ2v) is 9.70. The zero-order valence-electron chi connectivity index (χ0n) is 19.2. The SMILES string of the molecule is CC1CN(C(=O)Cc2csc(NC(=O)CN(C(=O)c3ccccc3Cl)C(C)C)n2)CC(C)O1. The molecule has 1 aliphatic rings. The number of hydrogen-bond acceptors (Lipinski definition) is 6. The lowest BCUT2D eigenvalue weighted by Gasteiger charge is -2.35. The third kappa shape index (κ3) is 6.75. The highest BCUT2D eigenvalue weighted by Gasteiger charge is 2.27. The first-order valence-corrected chi connectivity index (χ1v) is 12.1. The largest absolute Gasteiger partial charge is 0.372 e. The first-order chi connectivity index (χ1) is 15.6. The summed E-state index contributed by atoms with van der Waals surface area (Å²) in [7, 11) is 0. The van der Waals surface area contributed by atoms with Gasteiger partial charge in [-0.3, -0.25) is 14.4 Å². The summed E-state index contributed by atoms with van der Waals surface area (Å²) in [4.78, 5) is 45.8. The van der Waals surface area contributed by atoms with Gasteiger partial charge in [-0.1, -0.05) is 23.7 Å². The molecule has 3 rings (SSSR count). The molecule has 2 heterocycles. The number of hydrogen-bond donors (Lipinski definition) is 1. The van der Waals surface area contributed by atoms with Gasteiger partial charge in [0.25, 0.3) is 5.91 Å². The first kappa shape index (κ1) is 25.1. The van der Waals surface area contributed by atoms with E-state index >= 15 is 0 Å². The van der Waals surface area contributed by atoms with Crippen molar-refractivity contribution in [1.82, 2.24) is 14.8 Å². The minimum absolute atomic E-state index is 0.000337. The fraction of sp³-hybridized carbons (Fsp3) is 0.478. The van der Waals surface area contributed by atoms with E-state index in [1.165, 1.54) is 16.2 Å². The topological polar surface area (TPSA) is 91.8 Å². The minimum atomic E-state index is -0.368. The van der Waals surface area contributed by atoms with E-state index in [1.807, 2.05) is 27.7 Å². The Bertz CT molecular complexity index is 1000. The molecule has 10 heteroatoms. The van der Waals surface area contributed by atoms with Crippen molar-refractivity contribution in [1.29, 1.82) is 0 Å². The maximum Gasteiger partial charge on any atom is 0.256 e. The van der Waals surface area contributed by atoms with Gasteiger partial charge in [0.2, 0.25) is 11.8 Å². The van der Waals surface area contributed by atoms with Crippen LogP contribution >= 0.6 is 22.9 Å². The fourth-order valence-corrected chi connectivity index (χ4v) is 4.63. The number of ether oxygens (including phenoxy) is 1. The summed E-state index contributed by atoms with van der Waals surface area (Å²) in [6, 6.07) is 6.55. The van der Waals surface area contributed by atoms with Crippen molar-refractivity contribution < 1.29 is 19.1 Å². The molecule has 0 spiro atoms. The number of morpholine rings is 1. The van der Waals surface area contributed by atoms with Gasteiger partial charge in [-0.15, -0.1) is 11.3 Å². The average molecular weight is 493 g/mol. The molecule has 1 aromatic carbocycles. The van der Waals surface area contributed by atoms with Crippen molar-refractivity contribution in [2.75, 3.05) is 25.0 Å². The molecule has 3 amide bonds. The zero-order chi connectivity index (χ0) is 24.1. The average Bonchev–Trinajstić information content (AvgIpc) is 3.17. The van der Waals surface area contributed by atoms with Gasteiger partial charge >= 0.3 is 0 Å². The number of carbonyl (C=O) groups is 3. The van der Waals surface area contributed by atoms with Crippen molar-refractivity contribution >= 4 is 45.8 Å². The lowest BCUT2D eigenvalue weighted by Crippen LogP contribution is -2.48. The second-order valence-electron chi connectivity index (χ2n) is 8.43. The van der Waals surface area contributed by atoms with Crippen LogP contribution in [-0.2, 0) is 20.7 Å². The van der Waals surface area contributed by atoms with Crippen LogP contribution in [0.4, 0.5) is 5.13 Å². The molecule has 8 nitrogen and oxygen atoms in total. The fourth-order valence-electron chi connectivity index (χ4n) is 3.69. The van der Waals surface area contributed by atoms with Crippen LogP contribution in [0.1, 0.15) is 43.7 Å². The Morgan fingerprint density at radius 2 is 1.91 bits per heavy atom. The van der Waals surface area contributed by atoms with E-state index < -0.39 is 0 Å². The Morgan fingerprint density at radius 3 is 2.55 bits per heavy atom. The molecule has 2 atom stereocenters. The Hall–Kier alpha value is -2.49. The normalized spacial score (nSPS) is 18.3. The van der Waals surface area contributed by atoms with E-state index in [1.54, 1.807) is 34.5 Å². The standard InChI is InChI=1S/C23H29ClN4O4S/c1-14(2)28(22(31)18-7-5-6-8-19(18)24)12-20(29)26-23-25-17(13-33-23)9-21(30)27-10-15(3)32-16(4)11-27/h5-8,13-16H,9-12H2,1-4H3,(H,25,26,29). The van der Waals surface area contributed by atoms with E-state index in [2.05, 4.69) is 10.3 Å². The monoisotopic (exact) mass is 492 g/mol. The van der Waals surface area contributed by atoms with Crippen LogP contribution in [0.2, 0.25) is 5.02 Å². The third-order valence-electron chi connectivity index (χ3n) is 5.21. The van der Waals surface area contributed by atoms with Gasteiger partial charge in [0.05, 0.1) is 34.9 Å². The smallest absolute Gasteiger partial charge is 0.256 e. The van der Waals surface area contributed by atoms with Crippen LogP contribution in [0.25, 0.3) is 0 Å². The molecule has 2 unspecified atom stereocenters. The number of aromatic nitrogens is 1. The molecule has 0 radical (unpaired) electrons. The molecule has 0 bridgehead atoms. The quantitative estimate of drug-likeness (QED) is 0.639. The molecule has 33 heavy (non-hydrogen) atoms. The lowest BCUT2D eigenvalue weighted by atomic mass is 10.1. The van der Waals surface area contributed by atoms with Crippen LogP contribution in [0.5, 0.6) is 0 Å². The zero-order valence-corrected chi connectivity index (χ0v) is 20.8. The van der Waals surface area contributed by atoms with E-state index in [9.17, 15) is 14.4 Å². The van der Waals surface area contributed by atoms with Crippen LogP contribution in [0.3, 0.4) is 0 Å². The molecule has 178 valence electrons. The van der Waals surface area contributed by atoms with Crippen LogP contribution in [-0.4, -0.2) is 70.4 Å². The lowest BCUT2D eigenvalue weighted by molar-refractivity contribution is -0.142. The van der Waals surface area contributed by atoms with E-state index in [4.69, 9.17) is 16.3 Å². The van der Waals surface area contributed by atoms with Crippen LogP contribution in [0, 0.1) is 0 Å². The molecule has 0 aliphatic carbocycles. The van der Waals surface area contributed by atoms with E-state index in [0.717, 1.165) is 0 Å². The number of nitrogens with zero attached hydrogens (tertiary/aromatic N) is 3. The summed E-state index contributed by atoms with van der Waals surface area (Å²) in [5, 5.41) is 5.22. The summed E-state index contributed by atoms with van der Waals surface area (Å²) in [5.41, 5.74) is 0.947. The Balaban J connectivity index is 1.58. The van der Waals surface area contributed by atoms with Gasteiger partial charge in [-0.25, -0.2) is 4.98 Å². The number of rotatable bonds is 7. The van der Waals surface area contributed by atoms with Crippen molar-refractivity contribution in [3.05, 3.63) is 45.9 Å². The predicted molar refractivity (Wildman–Crippen MR) is 129 cm³/mol. The second kappa shape index (κ2) is 11.1. The maximum atomic E-state index is 12.9. The van der Waals surface area contributed by atoms with Gasteiger partial charge in [0, 0.05) is 24.5 Å². The number of thiazole rings is 1. The highest BCUT2D eigenvalue weighted by molar-refractivity contribution is 7.13. The number of nitrogens with one attached hydrogen (secondary N) is 1. The molecule has 2 aromatic rings. The van der Waals surface area contributed by atoms with Gasteiger partial charge in [0.15, 0.2) is 5.13 Å². The number of amides is 3. The summed E-state index contributed by atoms with van der Waals surface area (Å²) in [6.45, 7) is 8.54. The molecule has 1 saturated heterocycles. The van der Waals surface area contributed by atoms with E-state index in [0.29, 0.717) is 34.5 Å². The Labute approximate surface area is 202 Å². The van der Waals surface area contributed by atoms with Gasteiger partial charge in [-0.2, -0.15) is 0 Å². The highest BCUT2D eigenvalue weighted by atomic mass is 35.5. The molecular formula is C23H29ClN4O4S. The van der Waals surface area contributed by atoms with E-state index in [-0.39, 0.29) is 48.9 Å². The molecule has 1 N–H and O–H groups in total. The summed E-state index contributed by atoms with van der Waals surface area (Å²) in [5.74, 6) is -0.700. The molecular weight excluding hydrogens is 464 g/mol. The number of halogens is 1. The number of benzene rings is 1.